The first kappa shape index (κ1) is 12.8. The van der Waals surface area contributed by atoms with Gasteiger partial charge in [-0.3, -0.25) is 0 Å². The van der Waals surface area contributed by atoms with Gasteiger partial charge in [0.2, 0.25) is 0 Å². The van der Waals surface area contributed by atoms with E-state index >= 15 is 0 Å². The first-order chi connectivity index (χ1) is 8.20. The minimum Gasteiger partial charge on any atom is -0.313 e. The van der Waals surface area contributed by atoms with Crippen molar-refractivity contribution in [2.24, 2.45) is 0 Å². The highest BCUT2D eigenvalue weighted by Gasteiger charge is 2.14. The van der Waals surface area contributed by atoms with Gasteiger partial charge in [0, 0.05) is 34.1 Å². The predicted octanol–water partition coefficient (Wildman–Crippen LogP) is 3.95. The van der Waals surface area contributed by atoms with Crippen molar-refractivity contribution in [3.8, 4) is 0 Å². The van der Waals surface area contributed by atoms with Gasteiger partial charge in [0.05, 0.1) is 5.01 Å². The summed E-state index contributed by atoms with van der Waals surface area (Å²) in [5, 5.41) is 7.67. The number of rotatable bonds is 4. The van der Waals surface area contributed by atoms with Gasteiger partial charge in [-0.25, -0.2) is 4.98 Å². The topological polar surface area (TPSA) is 24.9 Å². The summed E-state index contributed by atoms with van der Waals surface area (Å²) in [7, 11) is 1.92. The Labute approximate surface area is 115 Å². The summed E-state index contributed by atoms with van der Waals surface area (Å²) in [6.45, 7) is 0. The van der Waals surface area contributed by atoms with Gasteiger partial charge in [0.25, 0.3) is 0 Å². The maximum atomic E-state index is 6.20. The molecule has 0 amide bonds. The van der Waals surface area contributed by atoms with Crippen LogP contribution in [0.15, 0.2) is 29.8 Å². The van der Waals surface area contributed by atoms with Crippen molar-refractivity contribution in [2.75, 3.05) is 7.05 Å². The number of halogens is 2. The third-order valence-corrected chi connectivity index (χ3v) is 3.91. The van der Waals surface area contributed by atoms with Crippen LogP contribution in [-0.2, 0) is 6.42 Å². The van der Waals surface area contributed by atoms with Crippen molar-refractivity contribution in [2.45, 2.75) is 12.5 Å². The Bertz CT molecular complexity index is 485. The molecule has 0 radical (unpaired) electrons. The van der Waals surface area contributed by atoms with Gasteiger partial charge in [-0.05, 0) is 24.7 Å². The molecule has 1 aromatic carbocycles. The largest absolute Gasteiger partial charge is 0.313 e. The number of benzene rings is 1. The maximum absolute atomic E-state index is 6.20. The molecule has 0 fully saturated rings. The van der Waals surface area contributed by atoms with E-state index in [0.717, 1.165) is 17.0 Å². The number of thiazole rings is 1. The Morgan fingerprint density at radius 2 is 2.24 bits per heavy atom. The van der Waals surface area contributed by atoms with E-state index in [2.05, 4.69) is 10.3 Å². The van der Waals surface area contributed by atoms with Gasteiger partial charge in [-0.1, -0.05) is 29.3 Å². The minimum atomic E-state index is 0.158. The smallest absolute Gasteiger partial charge is 0.0943 e. The van der Waals surface area contributed by atoms with Gasteiger partial charge < -0.3 is 5.32 Å². The predicted molar refractivity (Wildman–Crippen MR) is 74.1 cm³/mol. The zero-order valence-electron chi connectivity index (χ0n) is 9.28. The minimum absolute atomic E-state index is 0.158. The number of nitrogens with zero attached hydrogens (tertiary/aromatic N) is 1. The van der Waals surface area contributed by atoms with Crippen molar-refractivity contribution < 1.29 is 0 Å². The molecular formula is C12H12Cl2N2S. The Morgan fingerprint density at radius 1 is 1.41 bits per heavy atom. The Morgan fingerprint density at radius 3 is 2.82 bits per heavy atom. The van der Waals surface area contributed by atoms with Crippen LogP contribution < -0.4 is 5.32 Å². The second kappa shape index (κ2) is 5.83. The summed E-state index contributed by atoms with van der Waals surface area (Å²) < 4.78 is 0. The number of hydrogen-bond donors (Lipinski definition) is 1. The van der Waals surface area contributed by atoms with Crippen LogP contribution in [0.4, 0.5) is 0 Å². The molecule has 0 saturated carbocycles. The summed E-state index contributed by atoms with van der Waals surface area (Å²) in [6, 6.07) is 5.74. The molecule has 0 bridgehead atoms. The summed E-state index contributed by atoms with van der Waals surface area (Å²) in [5.41, 5.74) is 1.05. The van der Waals surface area contributed by atoms with Gasteiger partial charge >= 0.3 is 0 Å². The number of nitrogens with one attached hydrogen (secondary N) is 1. The molecule has 0 aliphatic heterocycles. The Kier molecular flexibility index (Phi) is 4.40. The molecule has 1 heterocycles. The number of likely N-dealkylation sites (N-methyl/N-ethyl adjacent to an activating group) is 1. The Hall–Kier alpha value is -0.610. The molecule has 1 aromatic heterocycles. The van der Waals surface area contributed by atoms with E-state index < -0.39 is 0 Å². The molecule has 0 aliphatic rings. The summed E-state index contributed by atoms with van der Waals surface area (Å²) in [6.07, 6.45) is 2.64. The van der Waals surface area contributed by atoms with Crippen molar-refractivity contribution in [1.29, 1.82) is 0 Å². The molecule has 2 nitrogen and oxygen atoms in total. The first-order valence-corrected chi connectivity index (χ1v) is 6.85. The summed E-state index contributed by atoms with van der Waals surface area (Å²) in [5.74, 6) is 0. The lowest BCUT2D eigenvalue weighted by Gasteiger charge is -2.16. The quantitative estimate of drug-likeness (QED) is 0.921. The van der Waals surface area contributed by atoms with Gasteiger partial charge in [-0.2, -0.15) is 0 Å². The van der Waals surface area contributed by atoms with Gasteiger partial charge in [0.1, 0.15) is 0 Å². The molecule has 0 spiro atoms. The monoisotopic (exact) mass is 286 g/mol. The zero-order valence-corrected chi connectivity index (χ0v) is 11.6. The van der Waals surface area contributed by atoms with E-state index in [1.54, 1.807) is 17.4 Å². The van der Waals surface area contributed by atoms with Crippen molar-refractivity contribution in [3.63, 3.8) is 0 Å². The standard InChI is InChI=1S/C12H12Cl2N2S/c1-15-11(7-12-16-4-5-17-12)9-3-2-8(13)6-10(9)14/h2-6,11,15H,7H2,1H3. The lowest BCUT2D eigenvalue weighted by Crippen LogP contribution is -2.19. The van der Waals surface area contributed by atoms with Gasteiger partial charge in [0.15, 0.2) is 0 Å². The molecule has 2 rings (SSSR count). The highest BCUT2D eigenvalue weighted by Crippen LogP contribution is 2.28. The van der Waals surface area contributed by atoms with Crippen molar-refractivity contribution in [1.82, 2.24) is 10.3 Å². The normalized spacial score (nSPS) is 12.6. The second-order valence-electron chi connectivity index (χ2n) is 3.64. The van der Waals surface area contributed by atoms with Crippen LogP contribution in [0.3, 0.4) is 0 Å². The van der Waals surface area contributed by atoms with Crippen LogP contribution in [0.1, 0.15) is 16.6 Å². The average Bonchev–Trinajstić information content (AvgIpc) is 2.79. The summed E-state index contributed by atoms with van der Waals surface area (Å²) in [4.78, 5) is 4.29. The van der Waals surface area contributed by atoms with E-state index in [4.69, 9.17) is 23.2 Å². The second-order valence-corrected chi connectivity index (χ2v) is 5.46. The van der Waals surface area contributed by atoms with E-state index in [0.29, 0.717) is 10.0 Å². The van der Waals surface area contributed by atoms with Crippen LogP contribution in [-0.4, -0.2) is 12.0 Å². The van der Waals surface area contributed by atoms with Crippen molar-refractivity contribution in [3.05, 3.63) is 50.4 Å². The van der Waals surface area contributed by atoms with Crippen LogP contribution in [0.5, 0.6) is 0 Å². The van der Waals surface area contributed by atoms with Crippen molar-refractivity contribution >= 4 is 34.5 Å². The Balaban J connectivity index is 2.23. The molecule has 17 heavy (non-hydrogen) atoms. The molecule has 1 N–H and O–H groups in total. The van der Waals surface area contributed by atoms with Gasteiger partial charge in [-0.15, -0.1) is 11.3 Å². The lowest BCUT2D eigenvalue weighted by molar-refractivity contribution is 0.590. The molecule has 2 aromatic rings. The zero-order chi connectivity index (χ0) is 12.3. The SMILES string of the molecule is CNC(Cc1nccs1)c1ccc(Cl)cc1Cl. The third-order valence-electron chi connectivity index (χ3n) is 2.55. The van der Waals surface area contributed by atoms with E-state index in [9.17, 15) is 0 Å². The molecule has 1 unspecified atom stereocenters. The van der Waals surface area contributed by atoms with Crippen LogP contribution >= 0.6 is 34.5 Å². The first-order valence-electron chi connectivity index (χ1n) is 5.21. The van der Waals surface area contributed by atoms with Crippen LogP contribution in [0, 0.1) is 0 Å². The molecule has 0 aliphatic carbocycles. The fourth-order valence-corrected chi connectivity index (χ4v) is 2.88. The number of hydrogen-bond acceptors (Lipinski definition) is 3. The average molecular weight is 287 g/mol. The van der Waals surface area contributed by atoms with E-state index in [-0.39, 0.29) is 6.04 Å². The third kappa shape index (κ3) is 3.19. The number of aromatic nitrogens is 1. The summed E-state index contributed by atoms with van der Waals surface area (Å²) >= 11 is 13.7. The lowest BCUT2D eigenvalue weighted by atomic mass is 10.0. The van der Waals surface area contributed by atoms with Crippen LogP contribution in [0.25, 0.3) is 0 Å². The highest BCUT2D eigenvalue weighted by molar-refractivity contribution is 7.09. The molecular weight excluding hydrogens is 275 g/mol. The highest BCUT2D eigenvalue weighted by atomic mass is 35.5. The molecule has 5 heteroatoms. The van der Waals surface area contributed by atoms with E-state index in [1.807, 2.05) is 30.8 Å². The fraction of sp³-hybridized carbons (Fsp3) is 0.250. The molecule has 0 saturated heterocycles. The van der Waals surface area contributed by atoms with Crippen LogP contribution in [0.2, 0.25) is 10.0 Å². The molecule has 90 valence electrons. The maximum Gasteiger partial charge on any atom is 0.0943 e. The fourth-order valence-electron chi connectivity index (χ4n) is 1.68. The molecule has 1 atom stereocenters. The van der Waals surface area contributed by atoms with E-state index in [1.165, 1.54) is 0 Å².